The summed E-state index contributed by atoms with van der Waals surface area (Å²) in [5.41, 5.74) is 0. The van der Waals surface area contributed by atoms with Crippen molar-refractivity contribution in [2.24, 2.45) is 5.92 Å². The van der Waals surface area contributed by atoms with Gasteiger partial charge in [-0.25, -0.2) is 9.59 Å². The maximum absolute atomic E-state index is 11.3. The van der Waals surface area contributed by atoms with Gasteiger partial charge in [-0.05, 0) is 18.8 Å². The molecule has 104 valence electrons. The van der Waals surface area contributed by atoms with Gasteiger partial charge in [0.1, 0.15) is 12.6 Å². The van der Waals surface area contributed by atoms with E-state index in [1.807, 2.05) is 19.9 Å². The van der Waals surface area contributed by atoms with Crippen LogP contribution < -0.4 is 5.32 Å². The zero-order valence-electron chi connectivity index (χ0n) is 11.3. The molecule has 18 heavy (non-hydrogen) atoms. The summed E-state index contributed by atoms with van der Waals surface area (Å²) < 4.78 is 4.85. The van der Waals surface area contributed by atoms with Crippen LogP contribution >= 0.6 is 0 Å². The Bertz CT molecular complexity index is 287. The van der Waals surface area contributed by atoms with E-state index >= 15 is 0 Å². The van der Waals surface area contributed by atoms with E-state index in [4.69, 9.17) is 9.84 Å². The lowest BCUT2D eigenvalue weighted by Gasteiger charge is -2.15. The average Bonchev–Trinajstić information content (AvgIpc) is 2.27. The molecule has 0 aromatic heterocycles. The van der Waals surface area contributed by atoms with Crippen LogP contribution in [0.3, 0.4) is 0 Å². The van der Waals surface area contributed by atoms with Crippen molar-refractivity contribution in [2.75, 3.05) is 6.61 Å². The highest BCUT2D eigenvalue weighted by Crippen LogP contribution is 2.05. The third kappa shape index (κ3) is 8.61. The van der Waals surface area contributed by atoms with E-state index in [2.05, 4.69) is 12.2 Å². The average molecular weight is 257 g/mol. The number of carbonyl (C=O) groups is 2. The fraction of sp³-hybridized carbons (Fsp3) is 0.692. The van der Waals surface area contributed by atoms with Crippen molar-refractivity contribution in [2.45, 2.75) is 46.1 Å². The molecule has 1 atom stereocenters. The maximum atomic E-state index is 11.3. The predicted molar refractivity (Wildman–Crippen MR) is 69.4 cm³/mol. The summed E-state index contributed by atoms with van der Waals surface area (Å²) in [6.07, 6.45) is 5.35. The Morgan fingerprint density at radius 2 is 2.00 bits per heavy atom. The molecule has 0 aromatic carbocycles. The summed E-state index contributed by atoms with van der Waals surface area (Å²) in [7, 11) is 0. The van der Waals surface area contributed by atoms with E-state index in [9.17, 15) is 9.59 Å². The number of ether oxygens (including phenoxy) is 1. The topological polar surface area (TPSA) is 75.6 Å². The molecule has 0 heterocycles. The van der Waals surface area contributed by atoms with Gasteiger partial charge in [0.15, 0.2) is 0 Å². The number of aliphatic carboxylic acids is 1. The van der Waals surface area contributed by atoms with E-state index in [-0.39, 0.29) is 12.5 Å². The summed E-state index contributed by atoms with van der Waals surface area (Å²) in [4.78, 5) is 22.2. The minimum absolute atomic E-state index is 0.167. The van der Waals surface area contributed by atoms with Gasteiger partial charge in [-0.2, -0.15) is 0 Å². The first-order chi connectivity index (χ1) is 8.47. The molecule has 2 N–H and O–H groups in total. The Kier molecular flexibility index (Phi) is 8.70. The van der Waals surface area contributed by atoms with E-state index in [1.165, 1.54) is 0 Å². The number of carboxylic acid groups (broad SMARTS) is 1. The van der Waals surface area contributed by atoms with Crippen LogP contribution in [0.15, 0.2) is 12.2 Å². The molecule has 0 aliphatic rings. The van der Waals surface area contributed by atoms with Crippen molar-refractivity contribution in [3.63, 3.8) is 0 Å². The third-order valence-corrected chi connectivity index (χ3v) is 2.23. The summed E-state index contributed by atoms with van der Waals surface area (Å²) in [6.45, 7) is 6.02. The van der Waals surface area contributed by atoms with E-state index in [1.54, 1.807) is 6.08 Å². The normalized spacial score (nSPS) is 12.7. The standard InChI is InChI=1S/C13H23NO4/c1-4-5-6-7-8-18-13(17)14-11(12(15)16)9-10(2)3/h6-7,10-11H,4-5,8-9H2,1-3H3,(H,14,17)(H,15,16)/t11-/m0/s1. The zero-order valence-corrected chi connectivity index (χ0v) is 11.3. The van der Waals surface area contributed by atoms with Gasteiger partial charge in [0.05, 0.1) is 0 Å². The van der Waals surface area contributed by atoms with Crippen LogP contribution in [-0.4, -0.2) is 29.8 Å². The fourth-order valence-electron chi connectivity index (χ4n) is 1.35. The number of alkyl carbamates (subject to hydrolysis) is 1. The summed E-state index contributed by atoms with van der Waals surface area (Å²) >= 11 is 0. The van der Waals surface area contributed by atoms with Crippen molar-refractivity contribution in [1.82, 2.24) is 5.32 Å². The molecule has 0 saturated heterocycles. The quantitative estimate of drug-likeness (QED) is 0.655. The lowest BCUT2D eigenvalue weighted by Crippen LogP contribution is -2.41. The SMILES string of the molecule is CCCC=CCOC(=O)N[C@@H](CC(C)C)C(=O)O. The lowest BCUT2D eigenvalue weighted by atomic mass is 10.0. The van der Waals surface area contributed by atoms with E-state index in [0.717, 1.165) is 12.8 Å². The second kappa shape index (κ2) is 9.50. The number of hydrogen-bond donors (Lipinski definition) is 2. The molecule has 0 aromatic rings. The largest absolute Gasteiger partial charge is 0.480 e. The Labute approximate surface area is 108 Å². The monoisotopic (exact) mass is 257 g/mol. The maximum Gasteiger partial charge on any atom is 0.408 e. The minimum Gasteiger partial charge on any atom is -0.480 e. The highest BCUT2D eigenvalue weighted by Gasteiger charge is 2.21. The molecular formula is C13H23NO4. The number of amides is 1. The molecular weight excluding hydrogens is 234 g/mol. The Balaban J connectivity index is 3.99. The van der Waals surface area contributed by atoms with Crippen LogP contribution in [0.25, 0.3) is 0 Å². The molecule has 0 spiro atoms. The van der Waals surface area contributed by atoms with Gasteiger partial charge in [-0.15, -0.1) is 0 Å². The van der Waals surface area contributed by atoms with Gasteiger partial charge in [-0.1, -0.05) is 39.3 Å². The van der Waals surface area contributed by atoms with Gasteiger partial charge in [0.2, 0.25) is 0 Å². The molecule has 5 nitrogen and oxygen atoms in total. The van der Waals surface area contributed by atoms with Gasteiger partial charge in [0, 0.05) is 0 Å². The number of unbranched alkanes of at least 4 members (excludes halogenated alkanes) is 1. The number of nitrogens with one attached hydrogen (secondary N) is 1. The predicted octanol–water partition coefficient (Wildman–Crippen LogP) is 2.57. The highest BCUT2D eigenvalue weighted by molar-refractivity contribution is 5.79. The van der Waals surface area contributed by atoms with Gasteiger partial charge in [-0.3, -0.25) is 0 Å². The minimum atomic E-state index is -1.04. The number of carboxylic acids is 1. The van der Waals surface area contributed by atoms with Crippen LogP contribution in [0.2, 0.25) is 0 Å². The van der Waals surface area contributed by atoms with E-state index in [0.29, 0.717) is 6.42 Å². The molecule has 0 unspecified atom stereocenters. The van der Waals surface area contributed by atoms with Crippen LogP contribution in [-0.2, 0) is 9.53 Å². The molecule has 0 fully saturated rings. The number of allylic oxidation sites excluding steroid dienone is 1. The summed E-state index contributed by atoms with van der Waals surface area (Å²) in [6, 6.07) is -0.892. The molecule has 0 radical (unpaired) electrons. The first-order valence-electron chi connectivity index (χ1n) is 6.28. The molecule has 5 heteroatoms. The smallest absolute Gasteiger partial charge is 0.408 e. The van der Waals surface area contributed by atoms with Crippen molar-refractivity contribution in [3.05, 3.63) is 12.2 Å². The second-order valence-electron chi connectivity index (χ2n) is 4.52. The highest BCUT2D eigenvalue weighted by atomic mass is 16.5. The molecule has 0 rings (SSSR count). The van der Waals surface area contributed by atoms with Crippen molar-refractivity contribution in [3.8, 4) is 0 Å². The Morgan fingerprint density at radius 1 is 1.33 bits per heavy atom. The number of rotatable bonds is 8. The van der Waals surface area contributed by atoms with Crippen molar-refractivity contribution >= 4 is 12.1 Å². The number of hydrogen-bond acceptors (Lipinski definition) is 3. The third-order valence-electron chi connectivity index (χ3n) is 2.23. The fourth-order valence-corrected chi connectivity index (χ4v) is 1.35. The van der Waals surface area contributed by atoms with Crippen LogP contribution in [0.5, 0.6) is 0 Å². The zero-order chi connectivity index (χ0) is 14.0. The van der Waals surface area contributed by atoms with Crippen LogP contribution in [0.1, 0.15) is 40.0 Å². The molecule has 0 aliphatic heterocycles. The molecule has 0 bridgehead atoms. The van der Waals surface area contributed by atoms with Gasteiger partial charge < -0.3 is 15.2 Å². The summed E-state index contributed by atoms with van der Waals surface area (Å²) in [5.74, 6) is -0.849. The van der Waals surface area contributed by atoms with Gasteiger partial charge >= 0.3 is 12.1 Å². The molecule has 0 aliphatic carbocycles. The van der Waals surface area contributed by atoms with Crippen molar-refractivity contribution < 1.29 is 19.4 Å². The van der Waals surface area contributed by atoms with Gasteiger partial charge in [0.25, 0.3) is 0 Å². The summed E-state index contributed by atoms with van der Waals surface area (Å²) in [5, 5.41) is 11.3. The molecule has 1 amide bonds. The second-order valence-corrected chi connectivity index (χ2v) is 4.52. The Morgan fingerprint density at radius 3 is 2.50 bits per heavy atom. The lowest BCUT2D eigenvalue weighted by molar-refractivity contribution is -0.139. The first-order valence-corrected chi connectivity index (χ1v) is 6.28. The first kappa shape index (κ1) is 16.5. The Hall–Kier alpha value is -1.52. The number of carbonyl (C=O) groups excluding carboxylic acids is 1. The van der Waals surface area contributed by atoms with Crippen molar-refractivity contribution in [1.29, 1.82) is 0 Å². The molecule has 0 saturated carbocycles. The van der Waals surface area contributed by atoms with Crippen LogP contribution in [0, 0.1) is 5.92 Å². The van der Waals surface area contributed by atoms with E-state index < -0.39 is 18.1 Å². The van der Waals surface area contributed by atoms with Crippen LogP contribution in [0.4, 0.5) is 4.79 Å².